The average Bonchev–Trinajstić information content (AvgIpc) is 2.99. The molecular weight excluding hydrogens is 298 g/mol. The summed E-state index contributed by atoms with van der Waals surface area (Å²) in [4.78, 5) is 17.7. The predicted molar refractivity (Wildman–Crippen MR) is 96.6 cm³/mol. The molecule has 0 N–H and O–H groups in total. The van der Waals surface area contributed by atoms with Crippen molar-refractivity contribution in [1.29, 1.82) is 0 Å². The summed E-state index contributed by atoms with van der Waals surface area (Å²) in [6.07, 6.45) is 0.710. The van der Waals surface area contributed by atoms with Gasteiger partial charge in [0, 0.05) is 11.3 Å². The summed E-state index contributed by atoms with van der Waals surface area (Å²) in [6.45, 7) is 4.75. The Labute approximate surface area is 140 Å². The Hall–Kier alpha value is -2.88. The number of imidazole rings is 1. The van der Waals surface area contributed by atoms with E-state index in [4.69, 9.17) is 4.98 Å². The number of rotatable bonds is 3. The minimum absolute atomic E-state index is 0.0445. The van der Waals surface area contributed by atoms with Gasteiger partial charge >= 0.3 is 0 Å². The molecular formula is C20H19N3O. The zero-order chi connectivity index (χ0) is 16.7. The van der Waals surface area contributed by atoms with Gasteiger partial charge in [0.05, 0.1) is 17.6 Å². The van der Waals surface area contributed by atoms with Gasteiger partial charge in [-0.2, -0.15) is 0 Å². The summed E-state index contributed by atoms with van der Waals surface area (Å²) in [5, 5.41) is 0. The van der Waals surface area contributed by atoms with Gasteiger partial charge in [-0.3, -0.25) is 4.79 Å². The first kappa shape index (κ1) is 14.7. The monoisotopic (exact) mass is 317 g/mol. The normalized spacial score (nSPS) is 11.4. The van der Waals surface area contributed by atoms with Crippen molar-refractivity contribution in [2.45, 2.75) is 26.8 Å². The molecule has 0 spiro atoms. The molecule has 4 aromatic rings. The Morgan fingerprint density at radius 3 is 2.46 bits per heavy atom. The van der Waals surface area contributed by atoms with Crippen molar-refractivity contribution >= 4 is 16.8 Å². The number of benzene rings is 2. The van der Waals surface area contributed by atoms with E-state index in [1.54, 1.807) is 4.40 Å². The van der Waals surface area contributed by atoms with E-state index in [0.717, 1.165) is 22.3 Å². The molecule has 2 aromatic heterocycles. The molecule has 4 rings (SSSR count). The van der Waals surface area contributed by atoms with Crippen LogP contribution >= 0.6 is 0 Å². The number of fused-ring (bicyclic) bond motifs is 3. The van der Waals surface area contributed by atoms with Crippen LogP contribution in [0.1, 0.15) is 23.7 Å². The van der Waals surface area contributed by atoms with E-state index < -0.39 is 0 Å². The van der Waals surface area contributed by atoms with Gasteiger partial charge in [0.25, 0.3) is 5.56 Å². The molecule has 0 saturated carbocycles. The Balaban J connectivity index is 2.09. The van der Waals surface area contributed by atoms with E-state index in [0.29, 0.717) is 18.7 Å². The fourth-order valence-corrected chi connectivity index (χ4v) is 3.36. The Morgan fingerprint density at radius 1 is 1.00 bits per heavy atom. The molecule has 0 radical (unpaired) electrons. The van der Waals surface area contributed by atoms with Crippen LogP contribution in [0.2, 0.25) is 0 Å². The first-order valence-electron chi connectivity index (χ1n) is 8.24. The number of hydrogen-bond donors (Lipinski definition) is 0. The highest BCUT2D eigenvalue weighted by Crippen LogP contribution is 2.19. The SMILES string of the molecule is CCc1c(C)n(Cc2ccccc2)c2nc3ccccc3n2c1=O. The van der Waals surface area contributed by atoms with Crippen LogP contribution in [0.25, 0.3) is 16.8 Å². The third-order valence-corrected chi connectivity index (χ3v) is 4.62. The molecule has 4 nitrogen and oxygen atoms in total. The van der Waals surface area contributed by atoms with Gasteiger partial charge in [0.2, 0.25) is 5.78 Å². The summed E-state index contributed by atoms with van der Waals surface area (Å²) < 4.78 is 3.90. The van der Waals surface area contributed by atoms with Crippen molar-refractivity contribution in [1.82, 2.24) is 14.0 Å². The average molecular weight is 317 g/mol. The molecule has 0 aliphatic rings. The number of nitrogens with zero attached hydrogens (tertiary/aromatic N) is 3. The lowest BCUT2D eigenvalue weighted by Gasteiger charge is -2.15. The molecule has 120 valence electrons. The second-order valence-electron chi connectivity index (χ2n) is 6.03. The predicted octanol–water partition coefficient (Wildman–Crippen LogP) is 3.57. The van der Waals surface area contributed by atoms with Crippen molar-refractivity contribution in [3.8, 4) is 0 Å². The fourth-order valence-electron chi connectivity index (χ4n) is 3.36. The quantitative estimate of drug-likeness (QED) is 0.579. The third kappa shape index (κ3) is 2.14. The zero-order valence-electron chi connectivity index (χ0n) is 13.9. The zero-order valence-corrected chi connectivity index (χ0v) is 13.9. The van der Waals surface area contributed by atoms with Gasteiger partial charge in [0.15, 0.2) is 0 Å². The topological polar surface area (TPSA) is 39.3 Å². The van der Waals surface area contributed by atoms with Crippen molar-refractivity contribution < 1.29 is 0 Å². The van der Waals surface area contributed by atoms with E-state index in [9.17, 15) is 4.79 Å². The highest BCUT2D eigenvalue weighted by Gasteiger charge is 2.17. The minimum Gasteiger partial charge on any atom is -0.311 e. The largest absolute Gasteiger partial charge is 0.311 e. The van der Waals surface area contributed by atoms with Gasteiger partial charge in [-0.25, -0.2) is 9.38 Å². The molecule has 0 fully saturated rings. The van der Waals surface area contributed by atoms with E-state index in [1.165, 1.54) is 5.56 Å². The standard InChI is InChI=1S/C20H19N3O/c1-3-16-14(2)22(13-15-9-5-4-6-10-15)20-21-17-11-7-8-12-18(17)23(20)19(16)24/h4-12H,3,13H2,1-2H3. The maximum atomic E-state index is 13.0. The van der Waals surface area contributed by atoms with Crippen LogP contribution in [-0.4, -0.2) is 14.0 Å². The van der Waals surface area contributed by atoms with Crippen molar-refractivity contribution in [3.63, 3.8) is 0 Å². The third-order valence-electron chi connectivity index (χ3n) is 4.62. The van der Waals surface area contributed by atoms with Gasteiger partial charge < -0.3 is 4.57 Å². The van der Waals surface area contributed by atoms with Crippen molar-refractivity contribution in [2.24, 2.45) is 0 Å². The molecule has 0 atom stereocenters. The van der Waals surface area contributed by atoms with Crippen LogP contribution in [0.15, 0.2) is 59.4 Å². The number of para-hydroxylation sites is 2. The van der Waals surface area contributed by atoms with Crippen LogP contribution in [-0.2, 0) is 13.0 Å². The molecule has 0 unspecified atom stereocenters. The molecule has 2 heterocycles. The molecule has 0 saturated heterocycles. The van der Waals surface area contributed by atoms with E-state index in [2.05, 4.69) is 16.7 Å². The van der Waals surface area contributed by atoms with Crippen LogP contribution < -0.4 is 5.56 Å². The second-order valence-corrected chi connectivity index (χ2v) is 6.03. The smallest absolute Gasteiger partial charge is 0.262 e. The second kappa shape index (κ2) is 5.64. The van der Waals surface area contributed by atoms with Crippen LogP contribution in [0.5, 0.6) is 0 Å². The maximum absolute atomic E-state index is 13.0. The first-order chi connectivity index (χ1) is 11.7. The Kier molecular flexibility index (Phi) is 3.45. The lowest BCUT2D eigenvalue weighted by atomic mass is 10.1. The molecule has 0 aliphatic carbocycles. The highest BCUT2D eigenvalue weighted by molar-refractivity contribution is 5.79. The van der Waals surface area contributed by atoms with E-state index in [1.807, 2.05) is 56.3 Å². The summed E-state index contributed by atoms with van der Waals surface area (Å²) in [5.41, 5.74) is 4.80. The summed E-state index contributed by atoms with van der Waals surface area (Å²) in [6, 6.07) is 18.1. The summed E-state index contributed by atoms with van der Waals surface area (Å²) >= 11 is 0. The lowest BCUT2D eigenvalue weighted by molar-refractivity contribution is 0.734. The minimum atomic E-state index is 0.0445. The molecule has 0 amide bonds. The molecule has 4 heteroatoms. The maximum Gasteiger partial charge on any atom is 0.262 e. The van der Waals surface area contributed by atoms with E-state index >= 15 is 0 Å². The van der Waals surface area contributed by atoms with Crippen LogP contribution in [0.4, 0.5) is 0 Å². The molecule has 2 aromatic carbocycles. The van der Waals surface area contributed by atoms with Gasteiger partial charge in [-0.15, -0.1) is 0 Å². The van der Waals surface area contributed by atoms with Gasteiger partial charge in [0.1, 0.15) is 0 Å². The van der Waals surface area contributed by atoms with Crippen molar-refractivity contribution in [3.05, 3.63) is 81.8 Å². The number of hydrogen-bond acceptors (Lipinski definition) is 2. The molecule has 0 aliphatic heterocycles. The molecule has 24 heavy (non-hydrogen) atoms. The van der Waals surface area contributed by atoms with Gasteiger partial charge in [-0.1, -0.05) is 49.4 Å². The van der Waals surface area contributed by atoms with Gasteiger partial charge in [-0.05, 0) is 31.0 Å². The summed E-state index contributed by atoms with van der Waals surface area (Å²) in [7, 11) is 0. The fraction of sp³-hybridized carbons (Fsp3) is 0.200. The molecule has 0 bridgehead atoms. The Bertz CT molecular complexity index is 1090. The first-order valence-corrected chi connectivity index (χ1v) is 8.24. The summed E-state index contributed by atoms with van der Waals surface area (Å²) in [5.74, 6) is 0.708. The van der Waals surface area contributed by atoms with E-state index in [-0.39, 0.29) is 5.56 Å². The lowest BCUT2D eigenvalue weighted by Crippen LogP contribution is -2.25. The van der Waals surface area contributed by atoms with Crippen LogP contribution in [0.3, 0.4) is 0 Å². The number of aromatic nitrogens is 3. The van der Waals surface area contributed by atoms with Crippen LogP contribution in [0, 0.1) is 6.92 Å². The Morgan fingerprint density at radius 2 is 1.71 bits per heavy atom. The van der Waals surface area contributed by atoms with Crippen molar-refractivity contribution in [2.75, 3.05) is 0 Å². The highest BCUT2D eigenvalue weighted by atomic mass is 16.1.